The van der Waals surface area contributed by atoms with Crippen LogP contribution in [0.2, 0.25) is 0 Å². The number of rotatable bonds is 2. The number of hydrogen-bond donors (Lipinski definition) is 2. The molecule has 0 heterocycles. The van der Waals surface area contributed by atoms with Crippen LogP contribution in [0.1, 0.15) is 22.7 Å². The third kappa shape index (κ3) is 2.10. The molecule has 1 aromatic rings. The van der Waals surface area contributed by atoms with Gasteiger partial charge in [-0.3, -0.25) is 0 Å². The summed E-state index contributed by atoms with van der Waals surface area (Å²) in [4.78, 5) is 0. The molecular formula is C10H14BrNO. The van der Waals surface area contributed by atoms with Crippen molar-refractivity contribution in [2.24, 2.45) is 5.73 Å². The molecule has 0 bridgehead atoms. The average molecular weight is 244 g/mol. The zero-order valence-electron chi connectivity index (χ0n) is 7.84. The minimum absolute atomic E-state index is 0.0175. The van der Waals surface area contributed by atoms with Gasteiger partial charge in [0.05, 0.1) is 12.6 Å². The molecule has 0 radical (unpaired) electrons. The molecule has 0 saturated heterocycles. The Morgan fingerprint density at radius 2 is 2.08 bits per heavy atom. The van der Waals surface area contributed by atoms with Crippen molar-refractivity contribution in [1.82, 2.24) is 0 Å². The molecule has 3 heteroatoms. The molecule has 0 spiro atoms. The predicted octanol–water partition coefficient (Wildman–Crippen LogP) is 2.06. The zero-order chi connectivity index (χ0) is 10.0. The highest BCUT2D eigenvalue weighted by atomic mass is 79.9. The van der Waals surface area contributed by atoms with Crippen LogP contribution in [0.15, 0.2) is 16.6 Å². The molecule has 0 aromatic heterocycles. The molecule has 13 heavy (non-hydrogen) atoms. The zero-order valence-corrected chi connectivity index (χ0v) is 9.43. The number of halogens is 1. The van der Waals surface area contributed by atoms with Crippen molar-refractivity contribution in [2.75, 3.05) is 6.61 Å². The largest absolute Gasteiger partial charge is 0.394 e. The summed E-state index contributed by atoms with van der Waals surface area (Å²) in [6, 6.07) is 3.69. The molecule has 0 aliphatic carbocycles. The van der Waals surface area contributed by atoms with Gasteiger partial charge in [-0.2, -0.15) is 0 Å². The Kier molecular flexibility index (Phi) is 3.47. The second-order valence-corrected chi connectivity index (χ2v) is 3.99. The van der Waals surface area contributed by atoms with Gasteiger partial charge in [-0.25, -0.2) is 0 Å². The highest BCUT2D eigenvalue weighted by molar-refractivity contribution is 9.10. The summed E-state index contributed by atoms with van der Waals surface area (Å²) in [5.41, 5.74) is 9.04. The van der Waals surface area contributed by atoms with Crippen molar-refractivity contribution >= 4 is 15.9 Å². The molecule has 0 amide bonds. The van der Waals surface area contributed by atoms with Crippen LogP contribution in [-0.2, 0) is 0 Å². The van der Waals surface area contributed by atoms with Gasteiger partial charge in [0.1, 0.15) is 0 Å². The summed E-state index contributed by atoms with van der Waals surface area (Å²) >= 11 is 3.49. The van der Waals surface area contributed by atoms with E-state index in [0.29, 0.717) is 0 Å². The first-order valence-corrected chi connectivity index (χ1v) is 4.99. The first-order chi connectivity index (χ1) is 6.07. The maximum atomic E-state index is 8.93. The van der Waals surface area contributed by atoms with Crippen molar-refractivity contribution in [3.05, 3.63) is 33.3 Å². The van der Waals surface area contributed by atoms with Gasteiger partial charge in [-0.15, -0.1) is 0 Å². The van der Waals surface area contributed by atoms with Crippen LogP contribution < -0.4 is 5.73 Å². The van der Waals surface area contributed by atoms with Crippen LogP contribution >= 0.6 is 15.9 Å². The van der Waals surface area contributed by atoms with Crippen LogP contribution in [0.25, 0.3) is 0 Å². The number of aryl methyl sites for hydroxylation is 1. The molecule has 0 aliphatic heterocycles. The van der Waals surface area contributed by atoms with E-state index >= 15 is 0 Å². The van der Waals surface area contributed by atoms with Gasteiger partial charge in [-0.05, 0) is 30.5 Å². The first kappa shape index (κ1) is 10.7. The smallest absolute Gasteiger partial charge is 0.0624 e. The Labute approximate surface area is 86.9 Å². The normalized spacial score (nSPS) is 13.0. The summed E-state index contributed by atoms with van der Waals surface area (Å²) in [5.74, 6) is 0. The van der Waals surface area contributed by atoms with Crippen molar-refractivity contribution in [1.29, 1.82) is 0 Å². The maximum absolute atomic E-state index is 8.93. The number of hydrogen-bond acceptors (Lipinski definition) is 2. The Morgan fingerprint density at radius 3 is 2.62 bits per heavy atom. The molecule has 1 aromatic carbocycles. The molecule has 0 saturated carbocycles. The molecule has 0 unspecified atom stereocenters. The number of aliphatic hydroxyl groups excluding tert-OH is 1. The predicted molar refractivity (Wildman–Crippen MR) is 57.6 cm³/mol. The summed E-state index contributed by atoms with van der Waals surface area (Å²) in [7, 11) is 0. The lowest BCUT2D eigenvalue weighted by Gasteiger charge is -2.14. The van der Waals surface area contributed by atoms with E-state index in [4.69, 9.17) is 10.8 Å². The fraction of sp³-hybridized carbons (Fsp3) is 0.400. The SMILES string of the molecule is Cc1ccc([C@@H](N)CO)c(C)c1Br. The summed E-state index contributed by atoms with van der Waals surface area (Å²) in [6.07, 6.45) is 0. The van der Waals surface area contributed by atoms with E-state index < -0.39 is 0 Å². The average Bonchev–Trinajstić information content (AvgIpc) is 2.13. The van der Waals surface area contributed by atoms with Crippen LogP contribution in [-0.4, -0.2) is 11.7 Å². The minimum atomic E-state index is -0.281. The van der Waals surface area contributed by atoms with Crippen molar-refractivity contribution in [2.45, 2.75) is 19.9 Å². The first-order valence-electron chi connectivity index (χ1n) is 4.20. The Hall–Kier alpha value is -0.380. The van der Waals surface area contributed by atoms with Gasteiger partial charge in [0.25, 0.3) is 0 Å². The Balaban J connectivity index is 3.18. The van der Waals surface area contributed by atoms with Crippen molar-refractivity contribution in [3.8, 4) is 0 Å². The minimum Gasteiger partial charge on any atom is -0.394 e. The summed E-state index contributed by atoms with van der Waals surface area (Å²) < 4.78 is 1.08. The van der Waals surface area contributed by atoms with Gasteiger partial charge in [-0.1, -0.05) is 28.1 Å². The molecular weight excluding hydrogens is 230 g/mol. The van der Waals surface area contributed by atoms with E-state index in [1.54, 1.807) is 0 Å². The number of benzene rings is 1. The maximum Gasteiger partial charge on any atom is 0.0624 e. The summed E-state index contributed by atoms with van der Waals surface area (Å²) in [5, 5.41) is 8.93. The third-order valence-corrected chi connectivity index (χ3v) is 3.44. The monoisotopic (exact) mass is 243 g/mol. The van der Waals surface area contributed by atoms with Gasteiger partial charge in [0.15, 0.2) is 0 Å². The quantitative estimate of drug-likeness (QED) is 0.836. The highest BCUT2D eigenvalue weighted by Gasteiger charge is 2.10. The van der Waals surface area contributed by atoms with Gasteiger partial charge in [0, 0.05) is 4.47 Å². The topological polar surface area (TPSA) is 46.2 Å². The van der Waals surface area contributed by atoms with E-state index in [2.05, 4.69) is 15.9 Å². The van der Waals surface area contributed by atoms with E-state index in [-0.39, 0.29) is 12.6 Å². The van der Waals surface area contributed by atoms with Gasteiger partial charge in [0.2, 0.25) is 0 Å². The van der Waals surface area contributed by atoms with E-state index in [0.717, 1.165) is 15.6 Å². The van der Waals surface area contributed by atoms with Gasteiger partial charge >= 0.3 is 0 Å². The van der Waals surface area contributed by atoms with Crippen LogP contribution in [0, 0.1) is 13.8 Å². The van der Waals surface area contributed by atoms with Gasteiger partial charge < -0.3 is 10.8 Å². The molecule has 0 aliphatic rings. The molecule has 1 rings (SSSR count). The van der Waals surface area contributed by atoms with E-state index in [1.807, 2.05) is 26.0 Å². The summed E-state index contributed by atoms with van der Waals surface area (Å²) in [6.45, 7) is 4.02. The molecule has 1 atom stereocenters. The molecule has 0 fully saturated rings. The van der Waals surface area contributed by atoms with E-state index in [1.165, 1.54) is 5.56 Å². The molecule has 72 valence electrons. The standard InChI is InChI=1S/C10H14BrNO/c1-6-3-4-8(9(12)5-13)7(2)10(6)11/h3-4,9,13H,5,12H2,1-2H3/t9-/m0/s1. The Bertz CT molecular complexity index is 312. The molecule has 3 N–H and O–H groups in total. The lowest BCUT2D eigenvalue weighted by atomic mass is 10.0. The lowest BCUT2D eigenvalue weighted by molar-refractivity contribution is 0.267. The fourth-order valence-corrected chi connectivity index (χ4v) is 1.70. The molecule has 2 nitrogen and oxygen atoms in total. The fourth-order valence-electron chi connectivity index (χ4n) is 1.34. The third-order valence-electron chi connectivity index (χ3n) is 2.22. The van der Waals surface area contributed by atoms with Crippen LogP contribution in [0.4, 0.5) is 0 Å². The number of aliphatic hydroxyl groups is 1. The van der Waals surface area contributed by atoms with Crippen LogP contribution in [0.5, 0.6) is 0 Å². The van der Waals surface area contributed by atoms with Crippen molar-refractivity contribution < 1.29 is 5.11 Å². The second-order valence-electron chi connectivity index (χ2n) is 3.20. The lowest BCUT2D eigenvalue weighted by Crippen LogP contribution is -2.16. The van der Waals surface area contributed by atoms with Crippen LogP contribution in [0.3, 0.4) is 0 Å². The second kappa shape index (κ2) is 4.22. The van der Waals surface area contributed by atoms with Crippen molar-refractivity contribution in [3.63, 3.8) is 0 Å². The number of nitrogens with two attached hydrogens (primary N) is 1. The Morgan fingerprint density at radius 1 is 1.46 bits per heavy atom. The highest BCUT2D eigenvalue weighted by Crippen LogP contribution is 2.26. The van der Waals surface area contributed by atoms with E-state index in [9.17, 15) is 0 Å².